The van der Waals surface area contributed by atoms with Gasteiger partial charge in [0, 0.05) is 62.6 Å². The summed E-state index contributed by atoms with van der Waals surface area (Å²) in [5.41, 5.74) is 4.67. The quantitative estimate of drug-likeness (QED) is 0.588. The summed E-state index contributed by atoms with van der Waals surface area (Å²) in [4.78, 5) is 17.0. The molecule has 2 aliphatic rings. The molecule has 4 rings (SSSR count). The summed E-state index contributed by atoms with van der Waals surface area (Å²) >= 11 is 0. The van der Waals surface area contributed by atoms with E-state index in [9.17, 15) is 4.79 Å². The Morgan fingerprint density at radius 3 is 2.70 bits per heavy atom. The molecular weight excluding hydrogens is 376 g/mol. The number of amides is 1. The predicted octanol–water partition coefficient (Wildman–Crippen LogP) is 3.03. The second-order valence-electron chi connectivity index (χ2n) is 8.35. The molecule has 2 aliphatic heterocycles. The maximum Gasteiger partial charge on any atom is 0.222 e. The van der Waals surface area contributed by atoms with Gasteiger partial charge in [-0.25, -0.2) is 0 Å². The molecule has 7 nitrogen and oxygen atoms in total. The third-order valence-electron chi connectivity index (χ3n) is 6.45. The van der Waals surface area contributed by atoms with Gasteiger partial charge in [0.1, 0.15) is 0 Å². The number of piperidine rings is 1. The number of hydrogen-bond acceptors (Lipinski definition) is 5. The number of nitrogens with one attached hydrogen (secondary N) is 3. The Kier molecular flexibility index (Phi) is 6.26. The summed E-state index contributed by atoms with van der Waals surface area (Å²) in [6, 6.07) is 8.30. The molecule has 0 saturated carbocycles. The van der Waals surface area contributed by atoms with Gasteiger partial charge in [-0.3, -0.25) is 9.89 Å². The third kappa shape index (κ3) is 4.45. The summed E-state index contributed by atoms with van der Waals surface area (Å²) in [7, 11) is 0. The van der Waals surface area contributed by atoms with E-state index in [0.717, 1.165) is 63.1 Å². The van der Waals surface area contributed by atoms with Crippen LogP contribution in [0.2, 0.25) is 0 Å². The first-order valence-electron chi connectivity index (χ1n) is 10.8. The topological polar surface area (TPSA) is 99.9 Å². The lowest BCUT2D eigenvalue weighted by molar-refractivity contribution is -0.132. The van der Waals surface area contributed by atoms with E-state index in [4.69, 9.17) is 10.8 Å². The van der Waals surface area contributed by atoms with Crippen LogP contribution in [0.3, 0.4) is 0 Å². The minimum atomic E-state index is -0.223. The van der Waals surface area contributed by atoms with E-state index < -0.39 is 0 Å². The number of fused-ring (bicyclic) bond motifs is 1. The van der Waals surface area contributed by atoms with Crippen LogP contribution in [0, 0.1) is 16.7 Å². The summed E-state index contributed by atoms with van der Waals surface area (Å²) in [6.07, 6.45) is 8.78. The van der Waals surface area contributed by atoms with Crippen LogP contribution in [0.5, 0.6) is 0 Å². The van der Waals surface area contributed by atoms with Crippen LogP contribution in [-0.2, 0) is 17.6 Å². The monoisotopic (exact) mass is 406 g/mol. The summed E-state index contributed by atoms with van der Waals surface area (Å²) in [5.74, 6) is 0.636. The van der Waals surface area contributed by atoms with Crippen molar-refractivity contribution in [2.24, 2.45) is 5.92 Å². The summed E-state index contributed by atoms with van der Waals surface area (Å²) in [6.45, 7) is 3.78. The van der Waals surface area contributed by atoms with Crippen molar-refractivity contribution < 1.29 is 4.79 Å². The first-order chi connectivity index (χ1) is 14.7. The highest BCUT2D eigenvalue weighted by Gasteiger charge is 2.27. The maximum absolute atomic E-state index is 12.5. The minimum absolute atomic E-state index is 0.223. The predicted molar refractivity (Wildman–Crippen MR) is 119 cm³/mol. The van der Waals surface area contributed by atoms with E-state index >= 15 is 0 Å². The SMILES string of the molecule is N=CC(C=N)c1ccc2c(c1)CCN2CC1CCN(C(=O)CCc2ccn[nH]2)CC1. The Balaban J connectivity index is 1.27. The molecule has 7 heteroatoms. The van der Waals surface area contributed by atoms with Gasteiger partial charge in [-0.1, -0.05) is 12.1 Å². The molecule has 0 radical (unpaired) electrons. The van der Waals surface area contributed by atoms with E-state index in [0.29, 0.717) is 12.3 Å². The highest BCUT2D eigenvalue weighted by molar-refractivity contribution is 5.88. The van der Waals surface area contributed by atoms with Gasteiger partial charge in [-0.15, -0.1) is 0 Å². The zero-order valence-electron chi connectivity index (χ0n) is 17.3. The van der Waals surface area contributed by atoms with Gasteiger partial charge in [0.25, 0.3) is 0 Å². The van der Waals surface area contributed by atoms with Gasteiger partial charge >= 0.3 is 0 Å². The highest BCUT2D eigenvalue weighted by atomic mass is 16.2. The van der Waals surface area contributed by atoms with Crippen molar-refractivity contribution in [1.29, 1.82) is 10.8 Å². The number of aromatic amines is 1. The molecule has 1 saturated heterocycles. The molecule has 158 valence electrons. The average molecular weight is 407 g/mol. The smallest absolute Gasteiger partial charge is 0.222 e. The van der Waals surface area contributed by atoms with E-state index in [-0.39, 0.29) is 11.8 Å². The van der Waals surface area contributed by atoms with Gasteiger partial charge in [0.05, 0.1) is 5.92 Å². The second-order valence-corrected chi connectivity index (χ2v) is 8.35. The molecule has 3 heterocycles. The Hall–Kier alpha value is -2.96. The Labute approximate surface area is 177 Å². The van der Waals surface area contributed by atoms with Crippen LogP contribution in [0.15, 0.2) is 30.5 Å². The molecule has 0 aliphatic carbocycles. The van der Waals surface area contributed by atoms with Crippen LogP contribution < -0.4 is 4.90 Å². The number of aromatic nitrogens is 2. The average Bonchev–Trinajstić information content (AvgIpc) is 3.43. The number of anilines is 1. The number of rotatable bonds is 8. The molecule has 1 aromatic carbocycles. The maximum atomic E-state index is 12.5. The fraction of sp³-hybridized carbons (Fsp3) is 0.478. The summed E-state index contributed by atoms with van der Waals surface area (Å²) in [5, 5.41) is 21.8. The van der Waals surface area contributed by atoms with Gasteiger partial charge in [0.15, 0.2) is 0 Å². The Morgan fingerprint density at radius 2 is 2.00 bits per heavy atom. The number of carbonyl (C=O) groups excluding carboxylic acids is 1. The van der Waals surface area contributed by atoms with E-state index in [1.807, 2.05) is 11.0 Å². The zero-order chi connectivity index (χ0) is 20.9. The number of carbonyl (C=O) groups is 1. The van der Waals surface area contributed by atoms with Gasteiger partial charge in [-0.05, 0) is 54.9 Å². The minimum Gasteiger partial charge on any atom is -0.371 e. The van der Waals surface area contributed by atoms with Crippen molar-refractivity contribution in [2.75, 3.05) is 31.1 Å². The molecule has 2 aromatic rings. The Morgan fingerprint density at radius 1 is 1.20 bits per heavy atom. The largest absolute Gasteiger partial charge is 0.371 e. The van der Waals surface area contributed by atoms with Crippen molar-refractivity contribution in [2.45, 2.75) is 38.0 Å². The third-order valence-corrected chi connectivity index (χ3v) is 6.45. The number of likely N-dealkylation sites (tertiary alicyclic amines) is 1. The van der Waals surface area contributed by atoms with Crippen molar-refractivity contribution in [3.63, 3.8) is 0 Å². The van der Waals surface area contributed by atoms with E-state index in [1.165, 1.54) is 23.7 Å². The normalized spacial score (nSPS) is 17.6. The fourth-order valence-corrected chi connectivity index (χ4v) is 4.63. The molecule has 0 atom stereocenters. The van der Waals surface area contributed by atoms with Crippen molar-refractivity contribution in [3.8, 4) is 0 Å². The zero-order valence-corrected chi connectivity index (χ0v) is 17.3. The van der Waals surface area contributed by atoms with E-state index in [2.05, 4.69) is 33.3 Å². The molecule has 30 heavy (non-hydrogen) atoms. The van der Waals surface area contributed by atoms with Crippen molar-refractivity contribution >= 4 is 24.0 Å². The van der Waals surface area contributed by atoms with Crippen LogP contribution >= 0.6 is 0 Å². The molecule has 1 amide bonds. The first kappa shape index (κ1) is 20.3. The molecule has 0 spiro atoms. The highest BCUT2D eigenvalue weighted by Crippen LogP contribution is 2.32. The second kappa shape index (κ2) is 9.24. The molecule has 3 N–H and O–H groups in total. The van der Waals surface area contributed by atoms with Crippen LogP contribution in [0.25, 0.3) is 0 Å². The molecule has 0 unspecified atom stereocenters. The number of aryl methyl sites for hydroxylation is 1. The van der Waals surface area contributed by atoms with E-state index in [1.54, 1.807) is 6.20 Å². The van der Waals surface area contributed by atoms with Crippen molar-refractivity contribution in [1.82, 2.24) is 15.1 Å². The number of benzene rings is 1. The summed E-state index contributed by atoms with van der Waals surface area (Å²) < 4.78 is 0. The van der Waals surface area contributed by atoms with Crippen LogP contribution in [-0.4, -0.2) is 59.6 Å². The number of hydrogen-bond donors (Lipinski definition) is 3. The van der Waals surface area contributed by atoms with Crippen LogP contribution in [0.1, 0.15) is 42.0 Å². The van der Waals surface area contributed by atoms with Gasteiger partial charge in [-0.2, -0.15) is 5.10 Å². The Bertz CT molecular complexity index is 877. The number of H-pyrrole nitrogens is 1. The molecular formula is C23H30N6O. The standard InChI is InChI=1S/C23H30N6O/c24-14-20(15-25)18-1-3-22-19(13-18)8-12-29(22)16-17-6-10-28(11-7-17)23(30)4-2-21-5-9-26-27-21/h1,3,5,9,13-15,17,20,24-25H,2,4,6-8,10-12,16H2,(H,26,27). The van der Waals surface area contributed by atoms with Gasteiger partial charge in [0.2, 0.25) is 5.91 Å². The van der Waals surface area contributed by atoms with Crippen molar-refractivity contribution in [3.05, 3.63) is 47.3 Å². The lowest BCUT2D eigenvalue weighted by atomic mass is 9.95. The number of nitrogens with zero attached hydrogens (tertiary/aromatic N) is 3. The molecule has 1 fully saturated rings. The molecule has 1 aromatic heterocycles. The van der Waals surface area contributed by atoms with Crippen LogP contribution in [0.4, 0.5) is 5.69 Å². The van der Waals surface area contributed by atoms with Gasteiger partial charge < -0.3 is 20.6 Å². The molecule has 0 bridgehead atoms. The first-order valence-corrected chi connectivity index (χ1v) is 10.8. The fourth-order valence-electron chi connectivity index (χ4n) is 4.63. The lowest BCUT2D eigenvalue weighted by Gasteiger charge is -2.34. The lowest BCUT2D eigenvalue weighted by Crippen LogP contribution is -2.41.